The molecule has 0 bridgehead atoms. The average Bonchev–Trinajstić information content (AvgIpc) is 2.72. The minimum Gasteiger partial charge on any atom is -0.481 e. The van der Waals surface area contributed by atoms with Gasteiger partial charge in [-0.25, -0.2) is 4.79 Å². The first kappa shape index (κ1) is 24.0. The smallest absolute Gasteiger partial charge is 0.335 e. The molecular weight excluding hydrogens is 422 g/mol. The van der Waals surface area contributed by atoms with Gasteiger partial charge in [0.2, 0.25) is 6.29 Å². The number of rotatable bonds is 10. The van der Waals surface area contributed by atoms with Gasteiger partial charge < -0.3 is 45.1 Å². The van der Waals surface area contributed by atoms with E-state index >= 15 is 0 Å². The maximum atomic E-state index is 12.5. The standard InChI is InChI=1S/C18H21NO12/c20-7-29-6-8-1-2-10(9(5-8)16(26)19-4-3-11(21)22)30-18-14(25)12(23)13(24)15(31-18)17(27)28/h1-2,5,7,12-15,18,23-25H,3-4,6H2,(H,19,26)(H,21,22)(H,27,28)/t12-,13-,14+,15-,18+/m0/s1. The molecule has 13 heteroatoms. The van der Waals surface area contributed by atoms with E-state index in [1.165, 1.54) is 18.2 Å². The number of hydrogen-bond donors (Lipinski definition) is 6. The zero-order chi connectivity index (χ0) is 23.1. The Hall–Kier alpha value is -3.26. The zero-order valence-electron chi connectivity index (χ0n) is 15.9. The average molecular weight is 443 g/mol. The SMILES string of the molecule is O=COCc1ccc(O[C@@H]2O[C@H](C(=O)O)[C@@H](O)[C@H](O)[C@H]2O)c(C(=O)NCCC(=O)O)c1. The fourth-order valence-corrected chi connectivity index (χ4v) is 2.73. The lowest BCUT2D eigenvalue weighted by atomic mass is 9.99. The van der Waals surface area contributed by atoms with E-state index in [9.17, 15) is 34.5 Å². The molecule has 6 N–H and O–H groups in total. The van der Waals surface area contributed by atoms with Crippen LogP contribution in [-0.2, 0) is 30.5 Å². The molecule has 1 aliphatic heterocycles. The van der Waals surface area contributed by atoms with Gasteiger partial charge in [-0.2, -0.15) is 0 Å². The Morgan fingerprint density at radius 3 is 2.42 bits per heavy atom. The molecule has 1 saturated heterocycles. The van der Waals surface area contributed by atoms with Crippen LogP contribution >= 0.6 is 0 Å². The molecule has 0 unspecified atom stereocenters. The van der Waals surface area contributed by atoms with Crippen molar-refractivity contribution in [2.45, 2.75) is 43.7 Å². The number of carbonyl (C=O) groups excluding carboxylic acids is 2. The summed E-state index contributed by atoms with van der Waals surface area (Å²) in [6, 6.07) is 3.92. The van der Waals surface area contributed by atoms with Gasteiger partial charge in [0.15, 0.2) is 6.10 Å². The minimum atomic E-state index is -1.92. The van der Waals surface area contributed by atoms with Crippen LogP contribution in [0.4, 0.5) is 0 Å². The van der Waals surface area contributed by atoms with Crippen LogP contribution in [0.25, 0.3) is 0 Å². The van der Waals surface area contributed by atoms with E-state index in [4.69, 9.17) is 19.7 Å². The van der Waals surface area contributed by atoms with Gasteiger partial charge in [0.25, 0.3) is 12.4 Å². The number of nitrogens with one attached hydrogen (secondary N) is 1. The van der Waals surface area contributed by atoms with Gasteiger partial charge >= 0.3 is 11.9 Å². The molecule has 0 saturated carbocycles. The largest absolute Gasteiger partial charge is 0.481 e. The lowest BCUT2D eigenvalue weighted by molar-refractivity contribution is -0.271. The first-order chi connectivity index (χ1) is 14.6. The first-order valence-corrected chi connectivity index (χ1v) is 8.93. The Balaban J connectivity index is 2.28. The van der Waals surface area contributed by atoms with Gasteiger partial charge in [-0.05, 0) is 17.7 Å². The molecule has 31 heavy (non-hydrogen) atoms. The number of benzene rings is 1. The fourth-order valence-electron chi connectivity index (χ4n) is 2.73. The summed E-state index contributed by atoms with van der Waals surface area (Å²) in [7, 11) is 0. The Kier molecular flexibility index (Phi) is 8.27. The Morgan fingerprint density at radius 2 is 1.81 bits per heavy atom. The highest BCUT2D eigenvalue weighted by atomic mass is 16.7. The van der Waals surface area contributed by atoms with E-state index in [1.54, 1.807) is 0 Å². The number of hydrogen-bond acceptors (Lipinski definition) is 10. The number of carboxylic acids is 2. The molecular formula is C18H21NO12. The van der Waals surface area contributed by atoms with Crippen LogP contribution in [0.5, 0.6) is 5.75 Å². The third kappa shape index (κ3) is 6.11. The summed E-state index contributed by atoms with van der Waals surface area (Å²) in [5.41, 5.74) is 0.201. The molecule has 5 atom stereocenters. The highest BCUT2D eigenvalue weighted by molar-refractivity contribution is 5.97. The van der Waals surface area contributed by atoms with E-state index in [2.05, 4.69) is 10.1 Å². The van der Waals surface area contributed by atoms with Crippen molar-refractivity contribution in [3.63, 3.8) is 0 Å². The molecule has 1 fully saturated rings. The zero-order valence-corrected chi connectivity index (χ0v) is 15.9. The number of carbonyl (C=O) groups is 4. The molecule has 1 aliphatic rings. The van der Waals surface area contributed by atoms with E-state index in [0.717, 1.165) is 0 Å². The van der Waals surface area contributed by atoms with Crippen LogP contribution in [0.15, 0.2) is 18.2 Å². The summed E-state index contributed by atoms with van der Waals surface area (Å²) >= 11 is 0. The monoisotopic (exact) mass is 443 g/mol. The second-order valence-corrected chi connectivity index (χ2v) is 6.49. The summed E-state index contributed by atoms with van der Waals surface area (Å²) in [6.45, 7) is -0.201. The number of aliphatic carboxylic acids is 2. The number of aliphatic hydroxyl groups is 3. The van der Waals surface area contributed by atoms with Crippen molar-refractivity contribution in [2.75, 3.05) is 6.54 Å². The summed E-state index contributed by atoms with van der Waals surface area (Å²) < 4.78 is 15.1. The van der Waals surface area contributed by atoms with E-state index in [-0.39, 0.29) is 37.4 Å². The fraction of sp³-hybridized carbons (Fsp3) is 0.444. The van der Waals surface area contributed by atoms with Crippen molar-refractivity contribution >= 4 is 24.3 Å². The van der Waals surface area contributed by atoms with Crippen molar-refractivity contribution in [1.29, 1.82) is 0 Å². The molecule has 170 valence electrons. The molecule has 0 aliphatic carbocycles. The lowest BCUT2D eigenvalue weighted by Gasteiger charge is -2.38. The highest BCUT2D eigenvalue weighted by Gasteiger charge is 2.48. The Labute approximate surface area is 174 Å². The number of ether oxygens (including phenoxy) is 3. The second kappa shape index (κ2) is 10.7. The van der Waals surface area contributed by atoms with E-state index in [1.807, 2.05) is 0 Å². The molecule has 1 aromatic rings. The van der Waals surface area contributed by atoms with Gasteiger partial charge in [-0.3, -0.25) is 14.4 Å². The number of amides is 1. The van der Waals surface area contributed by atoms with Crippen LogP contribution in [-0.4, -0.2) is 87.1 Å². The van der Waals surface area contributed by atoms with Crippen LogP contribution in [0.1, 0.15) is 22.3 Å². The predicted octanol–water partition coefficient (Wildman–Crippen LogP) is -2.16. The molecule has 0 radical (unpaired) electrons. The minimum absolute atomic E-state index is 0.166. The first-order valence-electron chi connectivity index (χ1n) is 8.93. The molecule has 13 nitrogen and oxygen atoms in total. The van der Waals surface area contributed by atoms with Gasteiger partial charge in [0.1, 0.15) is 30.7 Å². The van der Waals surface area contributed by atoms with Crippen molar-refractivity contribution in [2.24, 2.45) is 0 Å². The molecule has 0 spiro atoms. The summed E-state index contributed by atoms with van der Waals surface area (Å²) in [5, 5.41) is 49.9. The maximum absolute atomic E-state index is 12.5. The molecule has 2 rings (SSSR count). The van der Waals surface area contributed by atoms with Gasteiger partial charge in [-0.15, -0.1) is 0 Å². The highest BCUT2D eigenvalue weighted by Crippen LogP contribution is 2.28. The third-order valence-electron chi connectivity index (χ3n) is 4.29. The van der Waals surface area contributed by atoms with Crippen LogP contribution in [0.2, 0.25) is 0 Å². The molecule has 1 amide bonds. The van der Waals surface area contributed by atoms with Crippen molar-refractivity contribution in [3.8, 4) is 5.75 Å². The van der Waals surface area contributed by atoms with Crippen LogP contribution in [0, 0.1) is 0 Å². The van der Waals surface area contributed by atoms with Crippen LogP contribution < -0.4 is 10.1 Å². The van der Waals surface area contributed by atoms with E-state index < -0.39 is 48.6 Å². The third-order valence-corrected chi connectivity index (χ3v) is 4.29. The van der Waals surface area contributed by atoms with Crippen LogP contribution in [0.3, 0.4) is 0 Å². The van der Waals surface area contributed by atoms with Crippen molar-refractivity contribution < 1.29 is 58.9 Å². The number of carboxylic acid groups (broad SMARTS) is 2. The maximum Gasteiger partial charge on any atom is 0.335 e. The summed E-state index contributed by atoms with van der Waals surface area (Å²) in [5.74, 6) is -3.74. The summed E-state index contributed by atoms with van der Waals surface area (Å²) in [6.07, 6.45) is -9.71. The Morgan fingerprint density at radius 1 is 1.10 bits per heavy atom. The second-order valence-electron chi connectivity index (χ2n) is 6.49. The normalized spacial score (nSPS) is 25.3. The molecule has 1 heterocycles. The van der Waals surface area contributed by atoms with Gasteiger partial charge in [0, 0.05) is 6.54 Å². The van der Waals surface area contributed by atoms with Crippen molar-refractivity contribution in [1.82, 2.24) is 5.32 Å². The van der Waals surface area contributed by atoms with Crippen molar-refractivity contribution in [3.05, 3.63) is 29.3 Å². The van der Waals surface area contributed by atoms with E-state index in [0.29, 0.717) is 5.56 Å². The van der Waals surface area contributed by atoms with Gasteiger partial charge in [0.05, 0.1) is 12.0 Å². The molecule has 1 aromatic carbocycles. The van der Waals surface area contributed by atoms with Gasteiger partial charge in [-0.1, -0.05) is 6.07 Å². The molecule has 0 aromatic heterocycles. The topological polar surface area (TPSA) is 209 Å². The lowest BCUT2D eigenvalue weighted by Crippen LogP contribution is -2.61. The Bertz CT molecular complexity index is 828. The predicted molar refractivity (Wildman–Crippen MR) is 96.8 cm³/mol. The number of aliphatic hydroxyl groups excluding tert-OH is 3. The summed E-state index contributed by atoms with van der Waals surface area (Å²) in [4.78, 5) is 44.8. The quantitative estimate of drug-likeness (QED) is 0.214.